The molecule has 3 rings (SSSR count). The van der Waals surface area contributed by atoms with Gasteiger partial charge in [-0.3, -0.25) is 0 Å². The standard InChI is InChI=1S/C10H9N3S/c1-7-13-9(6-11-12-13)8-4-2-3-5-10(8)14-7/h2-7H,1H3. The monoisotopic (exact) mass is 203 g/mol. The molecule has 0 aliphatic carbocycles. The highest BCUT2D eigenvalue weighted by molar-refractivity contribution is 7.99. The van der Waals surface area contributed by atoms with E-state index in [1.165, 1.54) is 10.5 Å². The highest BCUT2D eigenvalue weighted by Gasteiger charge is 2.22. The Morgan fingerprint density at radius 3 is 3.14 bits per heavy atom. The van der Waals surface area contributed by atoms with E-state index in [2.05, 4.69) is 35.4 Å². The molecule has 0 radical (unpaired) electrons. The van der Waals surface area contributed by atoms with Gasteiger partial charge in [0.15, 0.2) is 0 Å². The van der Waals surface area contributed by atoms with E-state index in [-0.39, 0.29) is 0 Å². The molecule has 0 amide bonds. The number of aromatic nitrogens is 3. The van der Waals surface area contributed by atoms with Crippen molar-refractivity contribution in [2.24, 2.45) is 0 Å². The van der Waals surface area contributed by atoms with E-state index in [9.17, 15) is 0 Å². The van der Waals surface area contributed by atoms with Crippen molar-refractivity contribution in [2.45, 2.75) is 17.2 Å². The Kier molecular flexibility index (Phi) is 1.64. The van der Waals surface area contributed by atoms with Crippen LogP contribution in [0.4, 0.5) is 0 Å². The lowest BCUT2D eigenvalue weighted by Crippen LogP contribution is -2.09. The van der Waals surface area contributed by atoms with Gasteiger partial charge in [0.05, 0.1) is 11.9 Å². The van der Waals surface area contributed by atoms with Crippen LogP contribution in [0.5, 0.6) is 0 Å². The van der Waals surface area contributed by atoms with Crippen molar-refractivity contribution in [2.75, 3.05) is 0 Å². The molecule has 0 saturated heterocycles. The van der Waals surface area contributed by atoms with Crippen LogP contribution in [0.3, 0.4) is 0 Å². The van der Waals surface area contributed by atoms with Crippen molar-refractivity contribution in [1.29, 1.82) is 0 Å². The van der Waals surface area contributed by atoms with Crippen LogP contribution in [0.2, 0.25) is 0 Å². The van der Waals surface area contributed by atoms with E-state index in [1.54, 1.807) is 0 Å². The molecule has 1 aromatic heterocycles. The minimum atomic E-state index is 0.336. The molecule has 14 heavy (non-hydrogen) atoms. The topological polar surface area (TPSA) is 30.7 Å². The number of rotatable bonds is 0. The van der Waals surface area contributed by atoms with Crippen molar-refractivity contribution < 1.29 is 0 Å². The highest BCUT2D eigenvalue weighted by Crippen LogP contribution is 2.43. The van der Waals surface area contributed by atoms with Gasteiger partial charge in [-0.2, -0.15) is 0 Å². The van der Waals surface area contributed by atoms with Gasteiger partial charge in [0.25, 0.3) is 0 Å². The molecule has 1 aromatic carbocycles. The Bertz CT molecular complexity index is 478. The fourth-order valence-electron chi connectivity index (χ4n) is 1.72. The number of hydrogen-bond acceptors (Lipinski definition) is 3. The van der Waals surface area contributed by atoms with Crippen LogP contribution in [0.25, 0.3) is 11.3 Å². The first-order valence-corrected chi connectivity index (χ1v) is 5.40. The van der Waals surface area contributed by atoms with Crippen LogP contribution in [0.15, 0.2) is 35.4 Å². The number of nitrogens with zero attached hydrogens (tertiary/aromatic N) is 3. The van der Waals surface area contributed by atoms with Crippen LogP contribution >= 0.6 is 11.8 Å². The predicted molar refractivity (Wildman–Crippen MR) is 56.0 cm³/mol. The first-order valence-electron chi connectivity index (χ1n) is 4.52. The van der Waals surface area contributed by atoms with E-state index in [0.29, 0.717) is 5.37 Å². The third-order valence-electron chi connectivity index (χ3n) is 2.38. The number of hydrogen-bond donors (Lipinski definition) is 0. The minimum Gasteiger partial charge on any atom is -0.232 e. The van der Waals surface area contributed by atoms with Crippen molar-refractivity contribution in [3.05, 3.63) is 30.5 Å². The Hall–Kier alpha value is -1.29. The smallest absolute Gasteiger partial charge is 0.101 e. The summed E-state index contributed by atoms with van der Waals surface area (Å²) < 4.78 is 1.97. The third kappa shape index (κ3) is 1.00. The van der Waals surface area contributed by atoms with Gasteiger partial charge >= 0.3 is 0 Å². The van der Waals surface area contributed by atoms with Crippen LogP contribution in [0.1, 0.15) is 12.3 Å². The first-order chi connectivity index (χ1) is 6.86. The van der Waals surface area contributed by atoms with Crippen molar-refractivity contribution >= 4 is 11.8 Å². The van der Waals surface area contributed by atoms with Crippen LogP contribution in [-0.2, 0) is 0 Å². The second kappa shape index (κ2) is 2.85. The van der Waals surface area contributed by atoms with Crippen molar-refractivity contribution in [3.63, 3.8) is 0 Å². The summed E-state index contributed by atoms with van der Waals surface area (Å²) in [5, 5.41) is 8.37. The molecule has 70 valence electrons. The second-order valence-corrected chi connectivity index (χ2v) is 4.63. The molecule has 2 aromatic rings. The number of fused-ring (bicyclic) bond motifs is 3. The second-order valence-electron chi connectivity index (χ2n) is 3.28. The van der Waals surface area contributed by atoms with Gasteiger partial charge in [-0.05, 0) is 13.0 Å². The molecule has 0 saturated carbocycles. The molecule has 4 heteroatoms. The average molecular weight is 203 g/mol. The zero-order chi connectivity index (χ0) is 9.54. The summed E-state index contributed by atoms with van der Waals surface area (Å²) in [6.45, 7) is 2.14. The van der Waals surface area contributed by atoms with Gasteiger partial charge < -0.3 is 0 Å². The molecular formula is C10H9N3S. The largest absolute Gasteiger partial charge is 0.232 e. The predicted octanol–water partition coefficient (Wildman–Crippen LogP) is 2.57. The molecule has 1 aliphatic rings. The van der Waals surface area contributed by atoms with Crippen LogP contribution in [-0.4, -0.2) is 15.0 Å². The minimum absolute atomic E-state index is 0.336. The van der Waals surface area contributed by atoms with Crippen molar-refractivity contribution in [1.82, 2.24) is 15.0 Å². The van der Waals surface area contributed by atoms with Crippen molar-refractivity contribution in [3.8, 4) is 11.3 Å². The maximum atomic E-state index is 4.08. The highest BCUT2D eigenvalue weighted by atomic mass is 32.2. The van der Waals surface area contributed by atoms with Gasteiger partial charge in [0, 0.05) is 10.5 Å². The van der Waals surface area contributed by atoms with E-state index in [1.807, 2.05) is 28.7 Å². The summed E-state index contributed by atoms with van der Waals surface area (Å²) in [6, 6.07) is 8.38. The Balaban J connectivity index is 2.29. The van der Waals surface area contributed by atoms with Gasteiger partial charge in [-0.1, -0.05) is 35.2 Å². The lowest BCUT2D eigenvalue weighted by molar-refractivity contribution is 0.612. The summed E-state index contributed by atoms with van der Waals surface area (Å²) >= 11 is 1.82. The quantitative estimate of drug-likeness (QED) is 0.659. The molecule has 1 unspecified atom stereocenters. The molecule has 3 nitrogen and oxygen atoms in total. The molecule has 2 heterocycles. The van der Waals surface area contributed by atoms with Gasteiger partial charge in [-0.25, -0.2) is 4.68 Å². The van der Waals surface area contributed by atoms with Gasteiger partial charge in [-0.15, -0.1) is 5.10 Å². The molecule has 0 N–H and O–H groups in total. The molecule has 0 spiro atoms. The Labute approximate surface area is 86.1 Å². The molecule has 0 bridgehead atoms. The third-order valence-corrected chi connectivity index (χ3v) is 3.53. The SMILES string of the molecule is CC1Sc2ccccc2-c2cnnn21. The normalized spacial score (nSPS) is 18.8. The number of benzene rings is 1. The summed E-state index contributed by atoms with van der Waals surface area (Å²) in [5.74, 6) is 0. The van der Waals surface area contributed by atoms with Crippen LogP contribution in [0, 0.1) is 0 Å². The van der Waals surface area contributed by atoms with E-state index < -0.39 is 0 Å². The summed E-state index contributed by atoms with van der Waals surface area (Å²) in [6.07, 6.45) is 1.83. The molecular weight excluding hydrogens is 194 g/mol. The lowest BCUT2D eigenvalue weighted by atomic mass is 10.1. The average Bonchev–Trinajstić information content (AvgIpc) is 2.67. The van der Waals surface area contributed by atoms with Crippen LogP contribution < -0.4 is 0 Å². The van der Waals surface area contributed by atoms with E-state index >= 15 is 0 Å². The molecule has 1 atom stereocenters. The Morgan fingerprint density at radius 1 is 1.36 bits per heavy atom. The molecule has 1 aliphatic heterocycles. The maximum absolute atomic E-state index is 4.08. The first kappa shape index (κ1) is 8.05. The zero-order valence-corrected chi connectivity index (χ0v) is 8.53. The zero-order valence-electron chi connectivity index (χ0n) is 7.71. The van der Waals surface area contributed by atoms with E-state index in [0.717, 1.165) is 5.69 Å². The number of thioether (sulfide) groups is 1. The Morgan fingerprint density at radius 2 is 2.21 bits per heavy atom. The van der Waals surface area contributed by atoms with Gasteiger partial charge in [0.1, 0.15) is 5.37 Å². The summed E-state index contributed by atoms with van der Waals surface area (Å²) in [7, 11) is 0. The lowest BCUT2D eigenvalue weighted by Gasteiger charge is -2.21. The maximum Gasteiger partial charge on any atom is 0.101 e. The molecule has 0 fully saturated rings. The van der Waals surface area contributed by atoms with E-state index in [4.69, 9.17) is 0 Å². The summed E-state index contributed by atoms with van der Waals surface area (Å²) in [4.78, 5) is 1.31. The summed E-state index contributed by atoms with van der Waals surface area (Å²) in [5.41, 5.74) is 2.35. The fourth-order valence-corrected chi connectivity index (χ4v) is 2.80. The fraction of sp³-hybridized carbons (Fsp3) is 0.200. The van der Waals surface area contributed by atoms with Gasteiger partial charge in [0.2, 0.25) is 0 Å².